The maximum absolute atomic E-state index is 12.4. The van der Waals surface area contributed by atoms with Gasteiger partial charge in [0.2, 0.25) is 0 Å². The van der Waals surface area contributed by atoms with E-state index in [4.69, 9.17) is 11.6 Å². The van der Waals surface area contributed by atoms with Gasteiger partial charge in [-0.25, -0.2) is 0 Å². The van der Waals surface area contributed by atoms with Crippen molar-refractivity contribution in [3.63, 3.8) is 0 Å². The van der Waals surface area contributed by atoms with E-state index < -0.39 is 17.5 Å². The van der Waals surface area contributed by atoms with E-state index in [1.165, 1.54) is 6.07 Å². The van der Waals surface area contributed by atoms with Gasteiger partial charge in [-0.15, -0.1) is 11.6 Å². The molecule has 16 heavy (non-hydrogen) atoms. The predicted molar refractivity (Wildman–Crippen MR) is 58.8 cm³/mol. The van der Waals surface area contributed by atoms with Gasteiger partial charge in [-0.3, -0.25) is 4.79 Å². The molecule has 0 amide bonds. The Morgan fingerprint density at radius 3 is 2.50 bits per heavy atom. The summed E-state index contributed by atoms with van der Waals surface area (Å²) in [5, 5.41) is 0. The van der Waals surface area contributed by atoms with Gasteiger partial charge in [0.05, 0.1) is 5.56 Å². The van der Waals surface area contributed by atoms with Crippen molar-refractivity contribution in [2.24, 2.45) is 0 Å². The third-order valence-electron chi connectivity index (χ3n) is 1.92. The fraction of sp³-hybridized carbons (Fsp3) is 0.300. The normalized spacial score (nSPS) is 11.6. The quantitative estimate of drug-likeness (QED) is 0.601. The summed E-state index contributed by atoms with van der Waals surface area (Å²) in [6.07, 6.45) is -4.43. The first-order chi connectivity index (χ1) is 7.36. The van der Waals surface area contributed by atoms with Gasteiger partial charge in [0.15, 0.2) is 5.78 Å². The minimum Gasteiger partial charge on any atom is -0.294 e. The Balaban J connectivity index is 3.14. The van der Waals surface area contributed by atoms with Gasteiger partial charge in [0.1, 0.15) is 0 Å². The maximum Gasteiger partial charge on any atom is 0.416 e. The van der Waals surface area contributed by atoms with E-state index in [-0.39, 0.29) is 17.9 Å². The Bertz CT molecular complexity index is 404. The lowest BCUT2D eigenvalue weighted by atomic mass is 10.1. The van der Waals surface area contributed by atoms with Crippen LogP contribution in [-0.2, 0) is 6.18 Å². The Hall–Kier alpha value is -0.550. The van der Waals surface area contributed by atoms with Crippen molar-refractivity contribution < 1.29 is 18.0 Å². The average molecular weight is 316 g/mol. The van der Waals surface area contributed by atoms with Gasteiger partial charge < -0.3 is 0 Å². The number of benzene rings is 1. The fourth-order valence-electron chi connectivity index (χ4n) is 1.14. The standard InChI is InChI=1S/C10H7BrClF3O/c11-8-2-1-6(10(13,14)15)5-7(8)9(16)3-4-12/h1-2,5H,3-4H2. The van der Waals surface area contributed by atoms with Gasteiger partial charge >= 0.3 is 6.18 Å². The summed E-state index contributed by atoms with van der Waals surface area (Å²) < 4.78 is 37.5. The first-order valence-corrected chi connectivity index (χ1v) is 5.65. The average Bonchev–Trinajstić information content (AvgIpc) is 2.16. The van der Waals surface area contributed by atoms with Crippen LogP contribution in [0.4, 0.5) is 13.2 Å². The van der Waals surface area contributed by atoms with Crippen LogP contribution >= 0.6 is 27.5 Å². The summed E-state index contributed by atoms with van der Waals surface area (Å²) in [7, 11) is 0. The van der Waals surface area contributed by atoms with Gasteiger partial charge in [-0.05, 0) is 18.2 Å². The molecule has 1 rings (SSSR count). The van der Waals surface area contributed by atoms with Crippen LogP contribution in [0.2, 0.25) is 0 Å². The second kappa shape index (κ2) is 5.19. The van der Waals surface area contributed by atoms with Gasteiger partial charge in [0.25, 0.3) is 0 Å². The topological polar surface area (TPSA) is 17.1 Å². The van der Waals surface area contributed by atoms with Crippen molar-refractivity contribution >= 4 is 33.3 Å². The van der Waals surface area contributed by atoms with E-state index >= 15 is 0 Å². The molecule has 0 saturated carbocycles. The number of Topliss-reactive ketones (excluding diaryl/α,β-unsaturated/α-hetero) is 1. The molecule has 0 N–H and O–H groups in total. The summed E-state index contributed by atoms with van der Waals surface area (Å²) >= 11 is 8.41. The smallest absolute Gasteiger partial charge is 0.294 e. The molecular formula is C10H7BrClF3O. The Morgan fingerprint density at radius 1 is 1.38 bits per heavy atom. The lowest BCUT2D eigenvalue weighted by Gasteiger charge is -2.09. The van der Waals surface area contributed by atoms with Crippen molar-refractivity contribution in [2.75, 3.05) is 5.88 Å². The number of alkyl halides is 4. The highest BCUT2D eigenvalue weighted by molar-refractivity contribution is 9.10. The lowest BCUT2D eigenvalue weighted by Crippen LogP contribution is -2.08. The molecule has 6 heteroatoms. The molecule has 1 aromatic rings. The minimum atomic E-state index is -4.45. The number of hydrogen-bond acceptors (Lipinski definition) is 1. The summed E-state index contributed by atoms with van der Waals surface area (Å²) in [4.78, 5) is 11.5. The second-order valence-electron chi connectivity index (χ2n) is 3.05. The molecule has 0 aromatic heterocycles. The molecule has 0 unspecified atom stereocenters. The maximum atomic E-state index is 12.4. The Kier molecular flexibility index (Phi) is 4.38. The lowest BCUT2D eigenvalue weighted by molar-refractivity contribution is -0.137. The number of halogens is 5. The van der Waals surface area contributed by atoms with E-state index in [9.17, 15) is 18.0 Å². The molecule has 0 spiro atoms. The third kappa shape index (κ3) is 3.22. The van der Waals surface area contributed by atoms with Crippen molar-refractivity contribution in [3.8, 4) is 0 Å². The number of carbonyl (C=O) groups excluding carboxylic acids is 1. The van der Waals surface area contributed by atoms with E-state index in [1.807, 2.05) is 0 Å². The van der Waals surface area contributed by atoms with E-state index in [1.54, 1.807) is 0 Å². The monoisotopic (exact) mass is 314 g/mol. The largest absolute Gasteiger partial charge is 0.416 e. The van der Waals surface area contributed by atoms with Crippen LogP contribution in [0.3, 0.4) is 0 Å². The molecule has 0 aliphatic heterocycles. The van der Waals surface area contributed by atoms with E-state index in [0.717, 1.165) is 12.1 Å². The molecular weight excluding hydrogens is 308 g/mol. The number of ketones is 1. The van der Waals surface area contributed by atoms with Crippen LogP contribution in [0, 0.1) is 0 Å². The van der Waals surface area contributed by atoms with Crippen LogP contribution in [0.1, 0.15) is 22.3 Å². The van der Waals surface area contributed by atoms with E-state index in [0.29, 0.717) is 4.47 Å². The molecule has 0 fully saturated rings. The van der Waals surface area contributed by atoms with Crippen LogP contribution in [0.25, 0.3) is 0 Å². The van der Waals surface area contributed by atoms with Crippen LogP contribution in [-0.4, -0.2) is 11.7 Å². The molecule has 0 atom stereocenters. The van der Waals surface area contributed by atoms with Gasteiger partial charge in [-0.1, -0.05) is 15.9 Å². The SMILES string of the molecule is O=C(CCCl)c1cc(C(F)(F)F)ccc1Br. The molecule has 0 aliphatic rings. The Morgan fingerprint density at radius 2 is 2.00 bits per heavy atom. The van der Waals surface area contributed by atoms with E-state index in [2.05, 4.69) is 15.9 Å². The summed E-state index contributed by atoms with van der Waals surface area (Å²) in [6.45, 7) is 0. The molecule has 0 radical (unpaired) electrons. The highest BCUT2D eigenvalue weighted by atomic mass is 79.9. The predicted octanol–water partition coefficient (Wildman–Crippen LogP) is 4.28. The highest BCUT2D eigenvalue weighted by Gasteiger charge is 2.31. The molecule has 88 valence electrons. The van der Waals surface area contributed by atoms with Crippen LogP contribution < -0.4 is 0 Å². The minimum absolute atomic E-state index is 0.00970. The van der Waals surface area contributed by atoms with Gasteiger partial charge in [-0.2, -0.15) is 13.2 Å². The third-order valence-corrected chi connectivity index (χ3v) is 2.80. The van der Waals surface area contributed by atoms with Crippen molar-refractivity contribution in [1.29, 1.82) is 0 Å². The fourth-order valence-corrected chi connectivity index (χ4v) is 1.78. The highest BCUT2D eigenvalue weighted by Crippen LogP contribution is 2.32. The summed E-state index contributed by atoms with van der Waals surface area (Å²) in [5.41, 5.74) is -0.830. The van der Waals surface area contributed by atoms with Crippen molar-refractivity contribution in [2.45, 2.75) is 12.6 Å². The molecule has 0 aliphatic carbocycles. The summed E-state index contributed by atoms with van der Waals surface area (Å²) in [5.74, 6) is -0.324. The number of hydrogen-bond donors (Lipinski definition) is 0. The van der Waals surface area contributed by atoms with Crippen molar-refractivity contribution in [3.05, 3.63) is 33.8 Å². The zero-order valence-electron chi connectivity index (χ0n) is 7.94. The van der Waals surface area contributed by atoms with Crippen molar-refractivity contribution in [1.82, 2.24) is 0 Å². The first-order valence-electron chi connectivity index (χ1n) is 4.32. The molecule has 0 heterocycles. The van der Waals surface area contributed by atoms with Gasteiger partial charge in [0, 0.05) is 22.3 Å². The molecule has 0 bridgehead atoms. The molecule has 1 aromatic carbocycles. The summed E-state index contributed by atoms with van der Waals surface area (Å²) in [6, 6.07) is 2.96. The zero-order valence-corrected chi connectivity index (χ0v) is 10.3. The van der Waals surface area contributed by atoms with Crippen LogP contribution in [0.15, 0.2) is 22.7 Å². The number of carbonyl (C=O) groups is 1. The molecule has 1 nitrogen and oxygen atoms in total. The zero-order chi connectivity index (χ0) is 12.3. The van der Waals surface area contributed by atoms with Crippen LogP contribution in [0.5, 0.6) is 0 Å². The molecule has 0 saturated heterocycles. The Labute approximate surface area is 104 Å². The first kappa shape index (κ1) is 13.5. The second-order valence-corrected chi connectivity index (χ2v) is 4.29. The number of rotatable bonds is 3.